The second-order valence-corrected chi connectivity index (χ2v) is 3.95. The van der Waals surface area contributed by atoms with Crippen LogP contribution in [0.15, 0.2) is 0 Å². The molecule has 0 spiro atoms. The Balaban J connectivity index is 2.29. The number of aliphatic hydroxyl groups excluding tert-OH is 1. The molecule has 1 aliphatic heterocycles. The summed E-state index contributed by atoms with van der Waals surface area (Å²) in [4.78, 5) is 0. The summed E-state index contributed by atoms with van der Waals surface area (Å²) in [6.07, 6.45) is 2.02. The molecule has 0 unspecified atom stereocenters. The smallest absolute Gasteiger partial charge is 0.0592 e. The van der Waals surface area contributed by atoms with Gasteiger partial charge >= 0.3 is 0 Å². The Morgan fingerprint density at radius 3 is 2.82 bits per heavy atom. The van der Waals surface area contributed by atoms with Gasteiger partial charge in [-0.25, -0.2) is 0 Å². The zero-order valence-corrected chi connectivity index (χ0v) is 7.51. The van der Waals surface area contributed by atoms with Crippen molar-refractivity contribution in [3.8, 4) is 0 Å². The number of nitrogens with one attached hydrogen (secondary N) is 1. The fourth-order valence-electron chi connectivity index (χ4n) is 1.76. The van der Waals surface area contributed by atoms with Crippen LogP contribution in [-0.4, -0.2) is 24.3 Å². The summed E-state index contributed by atoms with van der Waals surface area (Å²) in [5, 5.41) is 12.9. The third kappa shape index (κ3) is 2.80. The molecule has 1 aliphatic rings. The van der Waals surface area contributed by atoms with Crippen LogP contribution in [-0.2, 0) is 0 Å². The van der Waals surface area contributed by atoms with Gasteiger partial charge in [-0.1, -0.05) is 13.8 Å². The molecule has 1 rings (SSSR count). The molecule has 0 bridgehead atoms. The Bertz CT molecular complexity index is 114. The van der Waals surface area contributed by atoms with E-state index in [0.717, 1.165) is 25.9 Å². The van der Waals surface area contributed by atoms with Gasteiger partial charge in [-0.15, -0.1) is 0 Å². The molecule has 2 heteroatoms. The Morgan fingerprint density at radius 2 is 2.27 bits per heavy atom. The van der Waals surface area contributed by atoms with Gasteiger partial charge < -0.3 is 10.4 Å². The number of rotatable bonds is 2. The van der Waals surface area contributed by atoms with E-state index in [2.05, 4.69) is 19.2 Å². The van der Waals surface area contributed by atoms with E-state index in [1.54, 1.807) is 0 Å². The molecule has 1 fully saturated rings. The van der Waals surface area contributed by atoms with E-state index in [4.69, 9.17) is 0 Å². The van der Waals surface area contributed by atoms with Gasteiger partial charge in [0.05, 0.1) is 6.10 Å². The van der Waals surface area contributed by atoms with Crippen molar-refractivity contribution in [2.75, 3.05) is 13.1 Å². The van der Waals surface area contributed by atoms with E-state index in [1.807, 2.05) is 0 Å². The summed E-state index contributed by atoms with van der Waals surface area (Å²) >= 11 is 0. The molecule has 66 valence electrons. The van der Waals surface area contributed by atoms with E-state index in [-0.39, 0.29) is 6.10 Å². The summed E-state index contributed by atoms with van der Waals surface area (Å²) in [6.45, 7) is 6.40. The van der Waals surface area contributed by atoms with Crippen molar-refractivity contribution in [2.24, 2.45) is 11.8 Å². The Labute approximate surface area is 69.0 Å². The second kappa shape index (κ2) is 4.07. The molecular formula is C9H19NO. The first-order chi connectivity index (χ1) is 5.20. The highest BCUT2D eigenvalue weighted by Gasteiger charge is 2.22. The van der Waals surface area contributed by atoms with Crippen LogP contribution in [0.4, 0.5) is 0 Å². The molecule has 0 radical (unpaired) electrons. The summed E-state index contributed by atoms with van der Waals surface area (Å²) in [6, 6.07) is 0. The molecule has 0 amide bonds. The average Bonchev–Trinajstić information content (AvgIpc) is 1.93. The maximum absolute atomic E-state index is 9.58. The van der Waals surface area contributed by atoms with Gasteiger partial charge in [0, 0.05) is 6.54 Å². The van der Waals surface area contributed by atoms with Gasteiger partial charge in [-0.3, -0.25) is 0 Å². The lowest BCUT2D eigenvalue weighted by molar-refractivity contribution is 0.0679. The third-order valence-electron chi connectivity index (χ3n) is 2.34. The van der Waals surface area contributed by atoms with Gasteiger partial charge in [0.15, 0.2) is 0 Å². The van der Waals surface area contributed by atoms with Crippen molar-refractivity contribution >= 4 is 0 Å². The van der Waals surface area contributed by atoms with Crippen LogP contribution in [0.3, 0.4) is 0 Å². The number of hydrogen-bond donors (Lipinski definition) is 2. The lowest BCUT2D eigenvalue weighted by atomic mass is 9.88. The van der Waals surface area contributed by atoms with Crippen molar-refractivity contribution in [1.82, 2.24) is 5.32 Å². The average molecular weight is 157 g/mol. The lowest BCUT2D eigenvalue weighted by Crippen LogP contribution is -2.40. The molecule has 1 heterocycles. The standard InChI is InChI=1S/C9H19NO/c1-7(2)5-8-6-10-4-3-9(8)11/h7-11H,3-6H2,1-2H3/t8-,9+/m0/s1. The Kier molecular flexibility index (Phi) is 3.34. The highest BCUT2D eigenvalue weighted by atomic mass is 16.3. The van der Waals surface area contributed by atoms with Crippen molar-refractivity contribution in [3.63, 3.8) is 0 Å². The van der Waals surface area contributed by atoms with Crippen LogP contribution < -0.4 is 5.32 Å². The fourth-order valence-corrected chi connectivity index (χ4v) is 1.76. The van der Waals surface area contributed by atoms with E-state index in [0.29, 0.717) is 11.8 Å². The zero-order chi connectivity index (χ0) is 8.27. The predicted octanol–water partition coefficient (Wildman–Crippen LogP) is 1.00. The molecule has 0 aromatic heterocycles. The molecule has 2 atom stereocenters. The number of hydrogen-bond acceptors (Lipinski definition) is 2. The quantitative estimate of drug-likeness (QED) is 0.627. The number of aliphatic hydroxyl groups is 1. The molecule has 0 aliphatic carbocycles. The topological polar surface area (TPSA) is 32.3 Å². The van der Waals surface area contributed by atoms with Crippen LogP contribution in [0.2, 0.25) is 0 Å². The Morgan fingerprint density at radius 1 is 1.55 bits per heavy atom. The van der Waals surface area contributed by atoms with Crippen LogP contribution in [0.5, 0.6) is 0 Å². The molecule has 0 aromatic carbocycles. The Hall–Kier alpha value is -0.0800. The van der Waals surface area contributed by atoms with E-state index in [9.17, 15) is 5.11 Å². The minimum Gasteiger partial charge on any atom is -0.393 e. The lowest BCUT2D eigenvalue weighted by Gasteiger charge is -2.29. The van der Waals surface area contributed by atoms with Gasteiger partial charge in [0.1, 0.15) is 0 Å². The van der Waals surface area contributed by atoms with E-state index in [1.165, 1.54) is 0 Å². The normalized spacial score (nSPS) is 32.7. The molecule has 0 aromatic rings. The molecule has 2 N–H and O–H groups in total. The first kappa shape index (κ1) is 9.01. The fraction of sp³-hybridized carbons (Fsp3) is 1.00. The van der Waals surface area contributed by atoms with Crippen molar-refractivity contribution < 1.29 is 5.11 Å². The van der Waals surface area contributed by atoms with E-state index < -0.39 is 0 Å². The monoisotopic (exact) mass is 157 g/mol. The first-order valence-electron chi connectivity index (χ1n) is 4.59. The van der Waals surface area contributed by atoms with E-state index >= 15 is 0 Å². The maximum Gasteiger partial charge on any atom is 0.0592 e. The summed E-state index contributed by atoms with van der Waals surface area (Å²) in [7, 11) is 0. The van der Waals surface area contributed by atoms with Crippen molar-refractivity contribution in [2.45, 2.75) is 32.8 Å². The van der Waals surface area contributed by atoms with Crippen molar-refractivity contribution in [3.05, 3.63) is 0 Å². The van der Waals surface area contributed by atoms with Crippen LogP contribution in [0.1, 0.15) is 26.7 Å². The molecular weight excluding hydrogens is 138 g/mol. The summed E-state index contributed by atoms with van der Waals surface area (Å²) in [5.74, 6) is 1.19. The minimum atomic E-state index is -0.0568. The van der Waals surface area contributed by atoms with Gasteiger partial charge in [-0.05, 0) is 31.2 Å². The second-order valence-electron chi connectivity index (χ2n) is 3.95. The van der Waals surface area contributed by atoms with Crippen LogP contribution in [0, 0.1) is 11.8 Å². The largest absolute Gasteiger partial charge is 0.393 e. The first-order valence-corrected chi connectivity index (χ1v) is 4.59. The highest BCUT2D eigenvalue weighted by molar-refractivity contribution is 4.77. The van der Waals surface area contributed by atoms with Gasteiger partial charge in [-0.2, -0.15) is 0 Å². The minimum absolute atomic E-state index is 0.0568. The SMILES string of the molecule is CC(C)C[C@H]1CNCC[C@H]1O. The van der Waals surface area contributed by atoms with Gasteiger partial charge in [0.25, 0.3) is 0 Å². The molecule has 0 saturated carbocycles. The molecule has 1 saturated heterocycles. The third-order valence-corrected chi connectivity index (χ3v) is 2.34. The number of piperidine rings is 1. The van der Waals surface area contributed by atoms with Crippen LogP contribution >= 0.6 is 0 Å². The van der Waals surface area contributed by atoms with Crippen molar-refractivity contribution in [1.29, 1.82) is 0 Å². The van der Waals surface area contributed by atoms with Crippen LogP contribution in [0.25, 0.3) is 0 Å². The maximum atomic E-state index is 9.58. The summed E-state index contributed by atoms with van der Waals surface area (Å²) in [5.41, 5.74) is 0. The zero-order valence-electron chi connectivity index (χ0n) is 7.51. The van der Waals surface area contributed by atoms with Gasteiger partial charge in [0.2, 0.25) is 0 Å². The highest BCUT2D eigenvalue weighted by Crippen LogP contribution is 2.19. The molecule has 2 nitrogen and oxygen atoms in total. The summed E-state index contributed by atoms with van der Waals surface area (Å²) < 4.78 is 0. The predicted molar refractivity (Wildman–Crippen MR) is 46.4 cm³/mol. The molecule has 11 heavy (non-hydrogen) atoms.